The third-order valence-corrected chi connectivity index (χ3v) is 2.47. The molecule has 2 heterocycles. The van der Waals surface area contributed by atoms with E-state index in [0.717, 1.165) is 12.2 Å². The van der Waals surface area contributed by atoms with Gasteiger partial charge >= 0.3 is 0 Å². The predicted molar refractivity (Wildman–Crippen MR) is 60.3 cm³/mol. The van der Waals surface area contributed by atoms with E-state index >= 15 is 0 Å². The molecule has 0 atom stereocenters. The Morgan fingerprint density at radius 2 is 2.31 bits per heavy atom. The number of nitrogens with zero attached hydrogens (tertiary/aromatic N) is 3. The highest BCUT2D eigenvalue weighted by Gasteiger charge is 2.13. The molecular formula is C12H13N3O. The second-order valence-corrected chi connectivity index (χ2v) is 3.55. The number of aromatic nitrogens is 3. The van der Waals surface area contributed by atoms with E-state index in [-0.39, 0.29) is 5.78 Å². The Morgan fingerprint density at radius 3 is 2.94 bits per heavy atom. The molecule has 4 heteroatoms. The van der Waals surface area contributed by atoms with Crippen LogP contribution < -0.4 is 0 Å². The van der Waals surface area contributed by atoms with E-state index in [4.69, 9.17) is 0 Å². The molecule has 4 nitrogen and oxygen atoms in total. The zero-order valence-corrected chi connectivity index (χ0v) is 9.34. The highest BCUT2D eigenvalue weighted by molar-refractivity contribution is 6.09. The molecule has 82 valence electrons. The Labute approximate surface area is 93.9 Å². The Morgan fingerprint density at radius 1 is 1.50 bits per heavy atom. The van der Waals surface area contributed by atoms with Gasteiger partial charge in [0.15, 0.2) is 5.78 Å². The molecule has 0 aliphatic heterocycles. The molecule has 0 aliphatic carbocycles. The standard InChI is InChI=1S/C12H13N3O/c1-3-15-8-10(7-14-15)12(16)11-5-4-6-13-9(11)2/h4-8H,3H2,1-2H3. The van der Waals surface area contributed by atoms with Crippen LogP contribution in [0.1, 0.15) is 28.5 Å². The Balaban J connectivity index is 2.35. The number of rotatable bonds is 3. The maximum atomic E-state index is 12.1. The molecule has 0 N–H and O–H groups in total. The van der Waals surface area contributed by atoms with Gasteiger partial charge in [0.2, 0.25) is 0 Å². The van der Waals surface area contributed by atoms with Crippen molar-refractivity contribution < 1.29 is 4.79 Å². The van der Waals surface area contributed by atoms with E-state index in [2.05, 4.69) is 10.1 Å². The summed E-state index contributed by atoms with van der Waals surface area (Å²) in [5.41, 5.74) is 1.99. The highest BCUT2D eigenvalue weighted by atomic mass is 16.1. The van der Waals surface area contributed by atoms with Crippen LogP contribution in [0.15, 0.2) is 30.7 Å². The lowest BCUT2D eigenvalue weighted by molar-refractivity contribution is 0.103. The first-order valence-electron chi connectivity index (χ1n) is 5.21. The summed E-state index contributed by atoms with van der Waals surface area (Å²) in [4.78, 5) is 16.2. The SMILES string of the molecule is CCn1cc(C(=O)c2cccnc2C)cn1. The van der Waals surface area contributed by atoms with Crippen molar-refractivity contribution >= 4 is 5.78 Å². The van der Waals surface area contributed by atoms with E-state index in [9.17, 15) is 4.79 Å². The third kappa shape index (κ3) is 1.86. The van der Waals surface area contributed by atoms with Crippen LogP contribution in [0.4, 0.5) is 0 Å². The zero-order valence-electron chi connectivity index (χ0n) is 9.34. The van der Waals surface area contributed by atoms with Crippen LogP contribution in [0.25, 0.3) is 0 Å². The molecule has 2 aromatic rings. The van der Waals surface area contributed by atoms with Gasteiger partial charge in [0.25, 0.3) is 0 Å². The summed E-state index contributed by atoms with van der Waals surface area (Å²) in [5, 5.41) is 4.09. The molecule has 0 aliphatic rings. The fraction of sp³-hybridized carbons (Fsp3) is 0.250. The number of aryl methyl sites for hydroxylation is 2. The van der Waals surface area contributed by atoms with E-state index < -0.39 is 0 Å². The Bertz CT molecular complexity index is 516. The molecule has 0 bridgehead atoms. The summed E-state index contributed by atoms with van der Waals surface area (Å²) < 4.78 is 1.74. The summed E-state index contributed by atoms with van der Waals surface area (Å²) >= 11 is 0. The van der Waals surface area contributed by atoms with Crippen molar-refractivity contribution in [1.82, 2.24) is 14.8 Å². The largest absolute Gasteiger partial charge is 0.288 e. The van der Waals surface area contributed by atoms with Gasteiger partial charge in [-0.3, -0.25) is 14.5 Å². The lowest BCUT2D eigenvalue weighted by Gasteiger charge is -2.00. The summed E-state index contributed by atoms with van der Waals surface area (Å²) in [6, 6.07) is 3.55. The van der Waals surface area contributed by atoms with E-state index in [1.54, 1.807) is 35.4 Å². The van der Waals surface area contributed by atoms with Crippen LogP contribution in [0.5, 0.6) is 0 Å². The molecule has 0 fully saturated rings. The summed E-state index contributed by atoms with van der Waals surface area (Å²) in [7, 11) is 0. The number of carbonyl (C=O) groups excluding carboxylic acids is 1. The zero-order chi connectivity index (χ0) is 11.5. The molecule has 0 amide bonds. The molecule has 0 spiro atoms. The van der Waals surface area contributed by atoms with Gasteiger partial charge in [0, 0.05) is 30.2 Å². The van der Waals surface area contributed by atoms with Gasteiger partial charge in [-0.1, -0.05) is 0 Å². The summed E-state index contributed by atoms with van der Waals surface area (Å²) in [6.45, 7) is 4.58. The number of ketones is 1. The van der Waals surface area contributed by atoms with Gasteiger partial charge in [0.05, 0.1) is 11.8 Å². The van der Waals surface area contributed by atoms with Gasteiger partial charge in [-0.05, 0) is 26.0 Å². The van der Waals surface area contributed by atoms with Crippen molar-refractivity contribution in [3.8, 4) is 0 Å². The Hall–Kier alpha value is -1.97. The quantitative estimate of drug-likeness (QED) is 0.734. The third-order valence-electron chi connectivity index (χ3n) is 2.47. The van der Waals surface area contributed by atoms with E-state index in [0.29, 0.717) is 11.1 Å². The van der Waals surface area contributed by atoms with Crippen molar-refractivity contribution in [2.45, 2.75) is 20.4 Å². The number of pyridine rings is 1. The van der Waals surface area contributed by atoms with Crippen molar-refractivity contribution in [2.24, 2.45) is 0 Å². The molecular weight excluding hydrogens is 202 g/mol. The molecule has 0 aromatic carbocycles. The van der Waals surface area contributed by atoms with E-state index in [1.807, 2.05) is 13.8 Å². The minimum atomic E-state index is -0.0229. The summed E-state index contributed by atoms with van der Waals surface area (Å²) in [5.74, 6) is -0.0229. The number of hydrogen-bond acceptors (Lipinski definition) is 3. The fourth-order valence-corrected chi connectivity index (χ4v) is 1.53. The van der Waals surface area contributed by atoms with Crippen LogP contribution >= 0.6 is 0 Å². The lowest BCUT2D eigenvalue weighted by atomic mass is 10.1. The second-order valence-electron chi connectivity index (χ2n) is 3.55. The normalized spacial score (nSPS) is 10.4. The lowest BCUT2D eigenvalue weighted by Crippen LogP contribution is -2.03. The minimum Gasteiger partial charge on any atom is -0.288 e. The first-order valence-corrected chi connectivity index (χ1v) is 5.21. The van der Waals surface area contributed by atoms with Crippen LogP contribution in [-0.2, 0) is 6.54 Å². The molecule has 0 unspecified atom stereocenters. The van der Waals surface area contributed by atoms with Gasteiger partial charge in [0.1, 0.15) is 0 Å². The smallest absolute Gasteiger partial charge is 0.198 e. The van der Waals surface area contributed by atoms with Gasteiger partial charge in [-0.15, -0.1) is 0 Å². The van der Waals surface area contributed by atoms with Crippen LogP contribution in [0, 0.1) is 6.92 Å². The maximum Gasteiger partial charge on any atom is 0.198 e. The average Bonchev–Trinajstić information content (AvgIpc) is 2.77. The van der Waals surface area contributed by atoms with Crippen molar-refractivity contribution in [3.05, 3.63) is 47.5 Å². The predicted octanol–water partition coefficient (Wildman–Crippen LogP) is 1.84. The monoisotopic (exact) mass is 215 g/mol. The topological polar surface area (TPSA) is 47.8 Å². The first kappa shape index (κ1) is 10.5. The molecule has 2 aromatic heterocycles. The average molecular weight is 215 g/mol. The second kappa shape index (κ2) is 4.26. The van der Waals surface area contributed by atoms with Gasteiger partial charge in [-0.25, -0.2) is 0 Å². The molecule has 0 saturated carbocycles. The van der Waals surface area contributed by atoms with Crippen molar-refractivity contribution in [2.75, 3.05) is 0 Å². The van der Waals surface area contributed by atoms with Gasteiger partial charge in [-0.2, -0.15) is 5.10 Å². The molecule has 16 heavy (non-hydrogen) atoms. The maximum absolute atomic E-state index is 12.1. The van der Waals surface area contributed by atoms with Crippen LogP contribution in [0.3, 0.4) is 0 Å². The molecule has 2 rings (SSSR count). The van der Waals surface area contributed by atoms with Crippen LogP contribution in [0.2, 0.25) is 0 Å². The molecule has 0 saturated heterocycles. The van der Waals surface area contributed by atoms with Crippen molar-refractivity contribution in [1.29, 1.82) is 0 Å². The van der Waals surface area contributed by atoms with Gasteiger partial charge < -0.3 is 0 Å². The Kier molecular flexibility index (Phi) is 2.81. The highest BCUT2D eigenvalue weighted by Crippen LogP contribution is 2.11. The number of carbonyl (C=O) groups is 1. The molecule has 0 radical (unpaired) electrons. The summed E-state index contributed by atoms with van der Waals surface area (Å²) in [6.07, 6.45) is 5.04. The van der Waals surface area contributed by atoms with Crippen molar-refractivity contribution in [3.63, 3.8) is 0 Å². The van der Waals surface area contributed by atoms with E-state index in [1.165, 1.54) is 0 Å². The van der Waals surface area contributed by atoms with Crippen LogP contribution in [-0.4, -0.2) is 20.5 Å². The minimum absolute atomic E-state index is 0.0229. The fourth-order valence-electron chi connectivity index (χ4n) is 1.53. The first-order chi connectivity index (χ1) is 7.72. The number of hydrogen-bond donors (Lipinski definition) is 0.